The summed E-state index contributed by atoms with van der Waals surface area (Å²) in [5.41, 5.74) is 3.25. The minimum absolute atomic E-state index is 0.169. The third kappa shape index (κ3) is 4.20. The van der Waals surface area contributed by atoms with Crippen molar-refractivity contribution in [1.29, 1.82) is 0 Å². The van der Waals surface area contributed by atoms with Gasteiger partial charge in [-0.25, -0.2) is 0 Å². The molecule has 3 rings (SSSR count). The van der Waals surface area contributed by atoms with Crippen LogP contribution < -0.4 is 5.32 Å². The van der Waals surface area contributed by atoms with Gasteiger partial charge in [0.05, 0.1) is 11.6 Å². The van der Waals surface area contributed by atoms with Crippen LogP contribution >= 0.6 is 0 Å². The van der Waals surface area contributed by atoms with Crippen LogP contribution in [0.1, 0.15) is 42.5 Å². The molecule has 5 nitrogen and oxygen atoms in total. The predicted octanol–water partition coefficient (Wildman–Crippen LogP) is 3.00. The average Bonchev–Trinajstić information content (AvgIpc) is 3.01. The molecule has 0 radical (unpaired) electrons. The summed E-state index contributed by atoms with van der Waals surface area (Å²) in [5, 5.41) is 16.7. The van der Waals surface area contributed by atoms with Gasteiger partial charge in [-0.3, -0.25) is 4.79 Å². The summed E-state index contributed by atoms with van der Waals surface area (Å²) in [6.07, 6.45) is 5.81. The Morgan fingerprint density at radius 2 is 1.96 bits per heavy atom. The van der Waals surface area contributed by atoms with Crippen LogP contribution in [0.4, 0.5) is 0 Å². The highest BCUT2D eigenvalue weighted by Crippen LogP contribution is 2.25. The minimum atomic E-state index is -0.660. The fraction of sp³-hybridized carbons (Fsp3) is 0.444. The molecule has 1 aromatic heterocycles. The van der Waals surface area contributed by atoms with E-state index < -0.39 is 5.97 Å². The third-order valence-corrected chi connectivity index (χ3v) is 4.60. The quantitative estimate of drug-likeness (QED) is 0.857. The van der Waals surface area contributed by atoms with E-state index in [0.29, 0.717) is 12.6 Å². The number of nitrogens with one attached hydrogen (secondary N) is 1. The number of carboxylic acids is 1. The van der Waals surface area contributed by atoms with Crippen molar-refractivity contribution in [1.82, 2.24) is 10.5 Å². The maximum Gasteiger partial charge on any atom is 0.306 e. The van der Waals surface area contributed by atoms with Crippen molar-refractivity contribution >= 4 is 5.97 Å². The van der Waals surface area contributed by atoms with Gasteiger partial charge in [0.15, 0.2) is 0 Å². The SMILES string of the molecule is O=C(O)C1CCC(NCc2conc2Cc2ccccc2)CC1. The van der Waals surface area contributed by atoms with E-state index in [1.807, 2.05) is 18.2 Å². The molecule has 5 heteroatoms. The van der Waals surface area contributed by atoms with Crippen LogP contribution in [0, 0.1) is 5.92 Å². The zero-order chi connectivity index (χ0) is 16.1. The molecule has 1 heterocycles. The normalized spacial score (nSPS) is 21.2. The number of carbonyl (C=O) groups is 1. The Morgan fingerprint density at radius 1 is 1.22 bits per heavy atom. The fourth-order valence-electron chi connectivity index (χ4n) is 3.16. The Morgan fingerprint density at radius 3 is 2.65 bits per heavy atom. The number of nitrogens with zero attached hydrogens (tertiary/aromatic N) is 1. The molecule has 0 unspecified atom stereocenters. The topological polar surface area (TPSA) is 75.4 Å². The number of carboxylic acid groups (broad SMARTS) is 1. The highest BCUT2D eigenvalue weighted by Gasteiger charge is 2.25. The van der Waals surface area contributed by atoms with E-state index in [0.717, 1.165) is 43.4 Å². The molecule has 1 aliphatic carbocycles. The maximum absolute atomic E-state index is 11.0. The van der Waals surface area contributed by atoms with Gasteiger partial charge in [0.2, 0.25) is 0 Å². The second-order valence-electron chi connectivity index (χ2n) is 6.22. The molecular weight excluding hydrogens is 292 g/mol. The van der Waals surface area contributed by atoms with Gasteiger partial charge in [-0.1, -0.05) is 35.5 Å². The van der Waals surface area contributed by atoms with Crippen molar-refractivity contribution in [3.63, 3.8) is 0 Å². The van der Waals surface area contributed by atoms with E-state index in [2.05, 4.69) is 22.6 Å². The lowest BCUT2D eigenvalue weighted by molar-refractivity contribution is -0.142. The van der Waals surface area contributed by atoms with Gasteiger partial charge in [0, 0.05) is 24.6 Å². The van der Waals surface area contributed by atoms with E-state index in [-0.39, 0.29) is 5.92 Å². The first kappa shape index (κ1) is 15.7. The summed E-state index contributed by atoms with van der Waals surface area (Å²) >= 11 is 0. The Hall–Kier alpha value is -2.14. The van der Waals surface area contributed by atoms with Crippen LogP contribution in [-0.2, 0) is 17.8 Å². The summed E-state index contributed by atoms with van der Waals surface area (Å²) in [7, 11) is 0. The van der Waals surface area contributed by atoms with Gasteiger partial charge < -0.3 is 14.9 Å². The lowest BCUT2D eigenvalue weighted by Gasteiger charge is -2.26. The van der Waals surface area contributed by atoms with E-state index in [4.69, 9.17) is 9.63 Å². The molecule has 0 aliphatic heterocycles. The van der Waals surface area contributed by atoms with Gasteiger partial charge in [-0.15, -0.1) is 0 Å². The first-order chi connectivity index (χ1) is 11.2. The summed E-state index contributed by atoms with van der Waals surface area (Å²) < 4.78 is 5.14. The fourth-order valence-corrected chi connectivity index (χ4v) is 3.16. The zero-order valence-corrected chi connectivity index (χ0v) is 13.1. The summed E-state index contributed by atoms with van der Waals surface area (Å²) in [6, 6.07) is 10.6. The van der Waals surface area contributed by atoms with E-state index in [1.54, 1.807) is 6.26 Å². The number of rotatable bonds is 6. The number of aromatic nitrogens is 1. The third-order valence-electron chi connectivity index (χ3n) is 4.60. The molecular formula is C18H22N2O3. The first-order valence-electron chi connectivity index (χ1n) is 8.14. The number of hydrogen-bond donors (Lipinski definition) is 2. The molecule has 0 amide bonds. The van der Waals surface area contributed by atoms with Crippen molar-refractivity contribution in [2.75, 3.05) is 0 Å². The van der Waals surface area contributed by atoms with Gasteiger partial charge in [0.1, 0.15) is 6.26 Å². The summed E-state index contributed by atoms with van der Waals surface area (Å²) in [5.74, 6) is -0.829. The molecule has 0 bridgehead atoms. The van der Waals surface area contributed by atoms with Crippen LogP contribution in [-0.4, -0.2) is 22.3 Å². The number of hydrogen-bond acceptors (Lipinski definition) is 4. The molecule has 1 aliphatic rings. The van der Waals surface area contributed by atoms with Crippen molar-refractivity contribution < 1.29 is 14.4 Å². The van der Waals surface area contributed by atoms with Gasteiger partial charge in [0.25, 0.3) is 0 Å². The Balaban J connectivity index is 1.52. The second-order valence-corrected chi connectivity index (χ2v) is 6.22. The minimum Gasteiger partial charge on any atom is -0.481 e. The Bertz CT molecular complexity index is 631. The lowest BCUT2D eigenvalue weighted by Crippen LogP contribution is -2.34. The van der Waals surface area contributed by atoms with Crippen LogP contribution in [0.5, 0.6) is 0 Å². The highest BCUT2D eigenvalue weighted by atomic mass is 16.5. The Kier molecular flexibility index (Phi) is 5.08. The largest absolute Gasteiger partial charge is 0.481 e. The van der Waals surface area contributed by atoms with Crippen molar-refractivity contribution in [3.8, 4) is 0 Å². The maximum atomic E-state index is 11.0. The first-order valence-corrected chi connectivity index (χ1v) is 8.14. The molecule has 2 N–H and O–H groups in total. The predicted molar refractivity (Wildman–Crippen MR) is 86.0 cm³/mol. The standard InChI is InChI=1S/C18H22N2O3/c21-18(22)14-6-8-16(9-7-14)19-11-15-12-23-20-17(15)10-13-4-2-1-3-5-13/h1-5,12,14,16,19H,6-11H2,(H,21,22). The number of aliphatic carboxylic acids is 1. The van der Waals surface area contributed by atoms with Crippen LogP contribution in [0.2, 0.25) is 0 Å². The lowest BCUT2D eigenvalue weighted by atomic mass is 9.86. The van der Waals surface area contributed by atoms with Crippen LogP contribution in [0.3, 0.4) is 0 Å². The molecule has 1 saturated carbocycles. The highest BCUT2D eigenvalue weighted by molar-refractivity contribution is 5.70. The van der Waals surface area contributed by atoms with Gasteiger partial charge >= 0.3 is 5.97 Å². The molecule has 1 aromatic carbocycles. The molecule has 23 heavy (non-hydrogen) atoms. The average molecular weight is 314 g/mol. The zero-order valence-electron chi connectivity index (χ0n) is 13.1. The molecule has 122 valence electrons. The van der Waals surface area contributed by atoms with Crippen LogP contribution in [0.25, 0.3) is 0 Å². The van der Waals surface area contributed by atoms with Crippen molar-refractivity contribution in [2.24, 2.45) is 5.92 Å². The number of benzene rings is 1. The van der Waals surface area contributed by atoms with Crippen LogP contribution in [0.15, 0.2) is 41.1 Å². The van der Waals surface area contributed by atoms with E-state index in [1.165, 1.54) is 5.56 Å². The Labute approximate surface area is 135 Å². The van der Waals surface area contributed by atoms with Gasteiger partial charge in [-0.05, 0) is 31.2 Å². The summed E-state index contributed by atoms with van der Waals surface area (Å²) in [4.78, 5) is 11.0. The molecule has 0 atom stereocenters. The van der Waals surface area contributed by atoms with Crippen molar-refractivity contribution in [2.45, 2.75) is 44.7 Å². The molecule has 2 aromatic rings. The second kappa shape index (κ2) is 7.42. The molecule has 0 spiro atoms. The van der Waals surface area contributed by atoms with Crippen molar-refractivity contribution in [3.05, 3.63) is 53.4 Å². The van der Waals surface area contributed by atoms with E-state index in [9.17, 15) is 4.79 Å². The monoisotopic (exact) mass is 314 g/mol. The van der Waals surface area contributed by atoms with Gasteiger partial charge in [-0.2, -0.15) is 0 Å². The summed E-state index contributed by atoms with van der Waals surface area (Å²) in [6.45, 7) is 0.716. The molecule has 0 saturated heterocycles. The van der Waals surface area contributed by atoms with E-state index >= 15 is 0 Å². The smallest absolute Gasteiger partial charge is 0.306 e. The molecule has 1 fully saturated rings.